The molecule has 7 heteroatoms. The summed E-state index contributed by atoms with van der Waals surface area (Å²) in [4.78, 5) is 13.7. The first kappa shape index (κ1) is 15.8. The van der Waals surface area contributed by atoms with E-state index in [0.29, 0.717) is 25.3 Å². The van der Waals surface area contributed by atoms with Gasteiger partial charge in [-0.25, -0.2) is 13.2 Å². The van der Waals surface area contributed by atoms with E-state index in [1.807, 2.05) is 6.07 Å². The van der Waals surface area contributed by atoms with Crippen LogP contribution in [0, 0.1) is 0 Å². The number of nitrogens with zero attached hydrogens (tertiary/aromatic N) is 1. The third-order valence-corrected chi connectivity index (χ3v) is 5.12. The van der Waals surface area contributed by atoms with Crippen LogP contribution >= 0.6 is 0 Å². The fourth-order valence-electron chi connectivity index (χ4n) is 2.28. The number of amides is 1. The van der Waals surface area contributed by atoms with Gasteiger partial charge in [-0.3, -0.25) is 0 Å². The van der Waals surface area contributed by atoms with Gasteiger partial charge in [0.25, 0.3) is 0 Å². The molecule has 1 aromatic carbocycles. The lowest BCUT2D eigenvalue weighted by Gasteiger charge is -2.27. The van der Waals surface area contributed by atoms with E-state index in [1.54, 1.807) is 24.3 Å². The summed E-state index contributed by atoms with van der Waals surface area (Å²) in [5, 5.41) is 0. The number of benzene rings is 1. The Morgan fingerprint density at radius 1 is 1.33 bits per heavy atom. The Morgan fingerprint density at radius 3 is 2.62 bits per heavy atom. The number of hydrogen-bond acceptors (Lipinski definition) is 5. The summed E-state index contributed by atoms with van der Waals surface area (Å²) >= 11 is 0. The molecule has 1 aliphatic heterocycles. The van der Waals surface area contributed by atoms with Gasteiger partial charge in [-0.15, -0.1) is 0 Å². The molecule has 2 rings (SSSR count). The minimum absolute atomic E-state index is 0.0133. The van der Waals surface area contributed by atoms with Crippen molar-refractivity contribution in [2.75, 3.05) is 31.8 Å². The van der Waals surface area contributed by atoms with Crippen molar-refractivity contribution in [3.8, 4) is 5.75 Å². The molecule has 6 nitrogen and oxygen atoms in total. The van der Waals surface area contributed by atoms with E-state index >= 15 is 0 Å². The van der Waals surface area contributed by atoms with E-state index in [9.17, 15) is 13.2 Å². The number of para-hydroxylation sites is 1. The van der Waals surface area contributed by atoms with Crippen LogP contribution in [0.2, 0.25) is 0 Å². The molecule has 0 saturated carbocycles. The van der Waals surface area contributed by atoms with Gasteiger partial charge in [0, 0.05) is 13.7 Å². The average molecular weight is 313 g/mol. The third-order valence-electron chi connectivity index (χ3n) is 3.37. The highest BCUT2D eigenvalue weighted by molar-refractivity contribution is 7.91. The second-order valence-electron chi connectivity index (χ2n) is 4.92. The van der Waals surface area contributed by atoms with Crippen LogP contribution in [-0.2, 0) is 14.6 Å². The van der Waals surface area contributed by atoms with Crippen LogP contribution in [0.4, 0.5) is 4.79 Å². The lowest BCUT2D eigenvalue weighted by molar-refractivity contribution is 0.108. The van der Waals surface area contributed by atoms with Crippen molar-refractivity contribution < 1.29 is 22.7 Å². The Bertz CT molecular complexity index is 572. The minimum Gasteiger partial charge on any atom is -0.410 e. The Kier molecular flexibility index (Phi) is 5.19. The molecule has 21 heavy (non-hydrogen) atoms. The van der Waals surface area contributed by atoms with Gasteiger partial charge < -0.3 is 14.4 Å². The number of carbonyl (C=O) groups excluding carboxylic acids is 1. The third kappa shape index (κ3) is 4.44. The first-order valence-corrected chi connectivity index (χ1v) is 8.57. The minimum atomic E-state index is -3.06. The Labute approximate surface area is 124 Å². The maximum Gasteiger partial charge on any atom is 0.415 e. The lowest BCUT2D eigenvalue weighted by atomic mass is 10.2. The molecule has 1 amide bonds. The highest BCUT2D eigenvalue weighted by Crippen LogP contribution is 2.19. The second kappa shape index (κ2) is 6.91. The first-order chi connectivity index (χ1) is 10.0. The topological polar surface area (TPSA) is 72.9 Å². The molecule has 1 aromatic rings. The number of sulfone groups is 1. The van der Waals surface area contributed by atoms with E-state index in [0.717, 1.165) is 0 Å². The average Bonchev–Trinajstić information content (AvgIpc) is 2.80. The SMILES string of the molecule is COCCN(C(=O)Oc1ccccc1)C1CCS(=O)(=O)C1. The van der Waals surface area contributed by atoms with Crippen molar-refractivity contribution >= 4 is 15.9 Å². The van der Waals surface area contributed by atoms with Crippen molar-refractivity contribution in [2.45, 2.75) is 12.5 Å². The summed E-state index contributed by atoms with van der Waals surface area (Å²) in [5.41, 5.74) is 0. The molecule has 1 saturated heterocycles. The predicted molar refractivity (Wildman–Crippen MR) is 78.1 cm³/mol. The van der Waals surface area contributed by atoms with Crippen LogP contribution in [0.15, 0.2) is 30.3 Å². The number of hydrogen-bond donors (Lipinski definition) is 0. The van der Waals surface area contributed by atoms with E-state index in [4.69, 9.17) is 9.47 Å². The summed E-state index contributed by atoms with van der Waals surface area (Å²) in [6.45, 7) is 0.642. The molecular formula is C14H19NO5S. The van der Waals surface area contributed by atoms with Crippen molar-refractivity contribution in [3.63, 3.8) is 0 Å². The van der Waals surface area contributed by atoms with Gasteiger partial charge in [0.15, 0.2) is 9.84 Å². The molecule has 116 valence electrons. The van der Waals surface area contributed by atoms with E-state index in [1.165, 1.54) is 12.0 Å². The molecule has 0 N–H and O–H groups in total. The molecule has 0 radical (unpaired) electrons. The number of carbonyl (C=O) groups is 1. The lowest BCUT2D eigenvalue weighted by Crippen LogP contribution is -2.44. The fraction of sp³-hybridized carbons (Fsp3) is 0.500. The van der Waals surface area contributed by atoms with E-state index < -0.39 is 15.9 Å². The van der Waals surface area contributed by atoms with E-state index in [-0.39, 0.29) is 17.5 Å². The van der Waals surface area contributed by atoms with Gasteiger partial charge in [-0.1, -0.05) is 18.2 Å². The molecule has 0 aromatic heterocycles. The first-order valence-electron chi connectivity index (χ1n) is 6.75. The summed E-state index contributed by atoms with van der Waals surface area (Å²) in [5.74, 6) is 0.533. The van der Waals surface area contributed by atoms with Gasteiger partial charge in [0.2, 0.25) is 0 Å². The molecule has 0 bridgehead atoms. The van der Waals surface area contributed by atoms with E-state index in [2.05, 4.69) is 0 Å². The van der Waals surface area contributed by atoms with Gasteiger partial charge >= 0.3 is 6.09 Å². The van der Waals surface area contributed by atoms with Gasteiger partial charge in [0.05, 0.1) is 24.2 Å². The normalized spacial score (nSPS) is 20.1. The zero-order chi connectivity index (χ0) is 15.3. The number of rotatable bonds is 5. The molecule has 0 aliphatic carbocycles. The van der Waals surface area contributed by atoms with Crippen LogP contribution in [-0.4, -0.2) is 57.2 Å². The summed E-state index contributed by atoms with van der Waals surface area (Å²) < 4.78 is 33.5. The molecule has 1 unspecified atom stereocenters. The standard InChI is InChI=1S/C14H19NO5S/c1-19-9-8-15(12-7-10-21(17,18)11-12)14(16)20-13-5-3-2-4-6-13/h2-6,12H,7-11H2,1H3. The monoisotopic (exact) mass is 313 g/mol. The van der Waals surface area contributed by atoms with Gasteiger partial charge in [-0.05, 0) is 18.6 Å². The van der Waals surface area contributed by atoms with Crippen LogP contribution in [0.25, 0.3) is 0 Å². The molecule has 1 fully saturated rings. The maximum absolute atomic E-state index is 12.3. The van der Waals surface area contributed by atoms with Crippen molar-refractivity contribution in [2.24, 2.45) is 0 Å². The Hall–Kier alpha value is -1.60. The molecule has 1 heterocycles. The fourth-order valence-corrected chi connectivity index (χ4v) is 4.01. The zero-order valence-electron chi connectivity index (χ0n) is 11.9. The molecule has 0 spiro atoms. The van der Waals surface area contributed by atoms with Crippen molar-refractivity contribution in [3.05, 3.63) is 30.3 Å². The van der Waals surface area contributed by atoms with Crippen LogP contribution < -0.4 is 4.74 Å². The molecule has 1 aliphatic rings. The number of ether oxygens (including phenoxy) is 2. The highest BCUT2D eigenvalue weighted by Gasteiger charge is 2.35. The highest BCUT2D eigenvalue weighted by atomic mass is 32.2. The summed E-state index contributed by atoms with van der Waals surface area (Å²) in [6.07, 6.45) is -0.101. The molecule has 1 atom stereocenters. The second-order valence-corrected chi connectivity index (χ2v) is 7.15. The maximum atomic E-state index is 12.3. The van der Waals surface area contributed by atoms with Crippen molar-refractivity contribution in [1.82, 2.24) is 4.90 Å². The predicted octanol–water partition coefficient (Wildman–Crippen LogP) is 1.32. The van der Waals surface area contributed by atoms with Gasteiger partial charge in [-0.2, -0.15) is 0 Å². The largest absolute Gasteiger partial charge is 0.415 e. The summed E-state index contributed by atoms with van der Waals surface area (Å²) in [6, 6.07) is 8.37. The summed E-state index contributed by atoms with van der Waals surface area (Å²) in [7, 11) is -1.53. The quantitative estimate of drug-likeness (QED) is 0.820. The van der Waals surface area contributed by atoms with Crippen LogP contribution in [0.5, 0.6) is 5.75 Å². The zero-order valence-corrected chi connectivity index (χ0v) is 12.7. The van der Waals surface area contributed by atoms with Crippen LogP contribution in [0.1, 0.15) is 6.42 Å². The number of methoxy groups -OCH3 is 1. The van der Waals surface area contributed by atoms with Crippen LogP contribution in [0.3, 0.4) is 0 Å². The Morgan fingerprint density at radius 2 is 2.05 bits per heavy atom. The Balaban J connectivity index is 2.06. The van der Waals surface area contributed by atoms with Gasteiger partial charge in [0.1, 0.15) is 5.75 Å². The smallest absolute Gasteiger partial charge is 0.410 e. The molecular weight excluding hydrogens is 294 g/mol. The van der Waals surface area contributed by atoms with Crippen molar-refractivity contribution in [1.29, 1.82) is 0 Å².